The maximum Gasteiger partial charge on any atom is 0.222 e. The van der Waals surface area contributed by atoms with Crippen LogP contribution in [0.3, 0.4) is 0 Å². The molecule has 24 heavy (non-hydrogen) atoms. The molecule has 2 rings (SSSR count). The second-order valence-corrected chi connectivity index (χ2v) is 7.12. The van der Waals surface area contributed by atoms with E-state index >= 15 is 0 Å². The molecular formula is C16H18FN3O3S. The largest absolute Gasteiger partial charge is 0.352 e. The van der Waals surface area contributed by atoms with Gasteiger partial charge in [-0.25, -0.2) is 17.5 Å². The number of hydrogen-bond acceptors (Lipinski definition) is 4. The first-order valence-electron chi connectivity index (χ1n) is 7.22. The number of halogens is 1. The van der Waals surface area contributed by atoms with Crippen molar-refractivity contribution in [2.24, 2.45) is 0 Å². The van der Waals surface area contributed by atoms with Gasteiger partial charge in [-0.15, -0.1) is 0 Å². The number of nitrogens with one attached hydrogen (secondary N) is 2. The number of carbonyl (C=O) groups is 1. The third kappa shape index (κ3) is 6.05. The predicted molar refractivity (Wildman–Crippen MR) is 87.8 cm³/mol. The van der Waals surface area contributed by atoms with E-state index in [4.69, 9.17) is 0 Å². The molecule has 2 N–H and O–H groups in total. The van der Waals surface area contributed by atoms with E-state index in [2.05, 4.69) is 15.0 Å². The Balaban J connectivity index is 2.04. The van der Waals surface area contributed by atoms with E-state index in [-0.39, 0.29) is 12.3 Å². The lowest BCUT2D eigenvalue weighted by Gasteiger charge is -2.18. The van der Waals surface area contributed by atoms with Crippen molar-refractivity contribution < 1.29 is 17.6 Å². The van der Waals surface area contributed by atoms with E-state index in [1.165, 1.54) is 24.3 Å². The molecule has 0 spiro atoms. The molecule has 0 saturated heterocycles. The van der Waals surface area contributed by atoms with Crippen LogP contribution >= 0.6 is 0 Å². The summed E-state index contributed by atoms with van der Waals surface area (Å²) in [6.45, 7) is 0.293. The van der Waals surface area contributed by atoms with Gasteiger partial charge in [0.05, 0.1) is 12.3 Å². The van der Waals surface area contributed by atoms with Gasteiger partial charge < -0.3 is 5.32 Å². The van der Waals surface area contributed by atoms with Gasteiger partial charge in [0.25, 0.3) is 0 Å². The smallest absolute Gasteiger partial charge is 0.222 e. The summed E-state index contributed by atoms with van der Waals surface area (Å²) in [6, 6.07) is 8.15. The quantitative estimate of drug-likeness (QED) is 0.792. The lowest BCUT2D eigenvalue weighted by atomic mass is 10.0. The van der Waals surface area contributed by atoms with Crippen molar-refractivity contribution in [1.29, 1.82) is 0 Å². The molecule has 1 aromatic carbocycles. The number of carbonyl (C=O) groups excluding carboxylic acids is 1. The van der Waals surface area contributed by atoms with Gasteiger partial charge in [-0.05, 0) is 29.3 Å². The fraction of sp³-hybridized carbons (Fsp3) is 0.250. The van der Waals surface area contributed by atoms with Gasteiger partial charge in [0.2, 0.25) is 15.9 Å². The van der Waals surface area contributed by atoms with E-state index in [0.29, 0.717) is 12.1 Å². The van der Waals surface area contributed by atoms with Crippen LogP contribution in [0.2, 0.25) is 0 Å². The Kier molecular flexibility index (Phi) is 5.99. The maximum atomic E-state index is 13.0. The molecular weight excluding hydrogens is 333 g/mol. The van der Waals surface area contributed by atoms with Gasteiger partial charge in [0.15, 0.2) is 0 Å². The molecule has 0 aliphatic rings. The lowest BCUT2D eigenvalue weighted by molar-refractivity contribution is -0.121. The molecule has 0 bridgehead atoms. The first-order valence-corrected chi connectivity index (χ1v) is 9.11. The molecule has 8 heteroatoms. The SMILES string of the molecule is CS(=O)(=O)N[C@@H](CC(=O)NCc1cccnc1)c1ccc(F)cc1. The number of amides is 1. The van der Waals surface area contributed by atoms with Crippen LogP contribution in [0.4, 0.5) is 4.39 Å². The Morgan fingerprint density at radius 1 is 1.25 bits per heavy atom. The van der Waals surface area contributed by atoms with Gasteiger partial charge in [0.1, 0.15) is 5.82 Å². The van der Waals surface area contributed by atoms with Crippen LogP contribution < -0.4 is 10.0 Å². The van der Waals surface area contributed by atoms with Crippen molar-refractivity contribution in [3.8, 4) is 0 Å². The van der Waals surface area contributed by atoms with Crippen LogP contribution in [0.25, 0.3) is 0 Å². The first-order chi connectivity index (χ1) is 11.3. The minimum atomic E-state index is -3.53. The highest BCUT2D eigenvalue weighted by molar-refractivity contribution is 7.88. The molecule has 1 heterocycles. The number of rotatable bonds is 7. The second-order valence-electron chi connectivity index (χ2n) is 5.34. The average Bonchev–Trinajstić information content (AvgIpc) is 2.53. The second kappa shape index (κ2) is 7.98. The van der Waals surface area contributed by atoms with Gasteiger partial charge in [-0.1, -0.05) is 18.2 Å². The Labute approximate surface area is 140 Å². The summed E-state index contributed by atoms with van der Waals surface area (Å²) in [7, 11) is -3.53. The van der Waals surface area contributed by atoms with Crippen molar-refractivity contribution in [3.05, 3.63) is 65.7 Å². The van der Waals surface area contributed by atoms with Gasteiger partial charge >= 0.3 is 0 Å². The number of benzene rings is 1. The Morgan fingerprint density at radius 3 is 2.54 bits per heavy atom. The summed E-state index contributed by atoms with van der Waals surface area (Å²) in [5, 5.41) is 2.71. The Bertz CT molecular complexity index is 780. The summed E-state index contributed by atoms with van der Waals surface area (Å²) >= 11 is 0. The number of hydrogen-bond donors (Lipinski definition) is 2. The lowest BCUT2D eigenvalue weighted by Crippen LogP contribution is -2.33. The fourth-order valence-corrected chi connectivity index (χ4v) is 2.88. The standard InChI is InChI=1S/C16H18FN3O3S/c1-24(22,23)20-15(13-4-6-14(17)7-5-13)9-16(21)19-11-12-3-2-8-18-10-12/h2-8,10,15,20H,9,11H2,1H3,(H,19,21)/t15-/m0/s1. The van der Waals surface area contributed by atoms with Crippen molar-refractivity contribution in [3.63, 3.8) is 0 Å². The van der Waals surface area contributed by atoms with E-state index in [0.717, 1.165) is 11.8 Å². The van der Waals surface area contributed by atoms with Crippen LogP contribution in [0.5, 0.6) is 0 Å². The maximum absolute atomic E-state index is 13.0. The summed E-state index contributed by atoms with van der Waals surface area (Å²) in [6.07, 6.45) is 4.18. The number of aromatic nitrogens is 1. The van der Waals surface area contributed by atoms with E-state index in [1.807, 2.05) is 6.07 Å². The average molecular weight is 351 g/mol. The van der Waals surface area contributed by atoms with Crippen molar-refractivity contribution in [2.45, 2.75) is 19.0 Å². The highest BCUT2D eigenvalue weighted by atomic mass is 32.2. The molecule has 2 aromatic rings. The van der Waals surface area contributed by atoms with E-state index in [1.54, 1.807) is 18.5 Å². The molecule has 0 saturated carbocycles. The summed E-state index contributed by atoms with van der Waals surface area (Å²) in [5.41, 5.74) is 1.35. The molecule has 0 fully saturated rings. The van der Waals surface area contributed by atoms with Crippen LogP contribution in [-0.2, 0) is 21.4 Å². The minimum Gasteiger partial charge on any atom is -0.352 e. The molecule has 1 amide bonds. The van der Waals surface area contributed by atoms with Crippen molar-refractivity contribution in [1.82, 2.24) is 15.0 Å². The molecule has 0 aliphatic carbocycles. The first kappa shape index (κ1) is 18.0. The van der Waals surface area contributed by atoms with Crippen LogP contribution in [0, 0.1) is 5.82 Å². The van der Waals surface area contributed by atoms with E-state index < -0.39 is 21.9 Å². The molecule has 1 aromatic heterocycles. The van der Waals surface area contributed by atoms with Crippen molar-refractivity contribution in [2.75, 3.05) is 6.26 Å². The molecule has 1 atom stereocenters. The van der Waals surface area contributed by atoms with Crippen LogP contribution in [0.1, 0.15) is 23.6 Å². The molecule has 6 nitrogen and oxygen atoms in total. The Hall–Kier alpha value is -2.32. The molecule has 128 valence electrons. The number of pyridine rings is 1. The summed E-state index contributed by atoms with van der Waals surface area (Å²) in [4.78, 5) is 16.1. The molecule has 0 unspecified atom stereocenters. The van der Waals surface area contributed by atoms with Gasteiger partial charge in [-0.3, -0.25) is 9.78 Å². The van der Waals surface area contributed by atoms with Crippen LogP contribution in [0.15, 0.2) is 48.8 Å². The number of sulfonamides is 1. The van der Waals surface area contributed by atoms with Gasteiger partial charge in [0, 0.05) is 25.4 Å². The molecule has 0 radical (unpaired) electrons. The van der Waals surface area contributed by atoms with Gasteiger partial charge in [-0.2, -0.15) is 0 Å². The fourth-order valence-electron chi connectivity index (χ4n) is 2.14. The van der Waals surface area contributed by atoms with Crippen LogP contribution in [-0.4, -0.2) is 25.6 Å². The zero-order chi connectivity index (χ0) is 17.6. The monoisotopic (exact) mass is 351 g/mol. The van der Waals surface area contributed by atoms with Crippen molar-refractivity contribution >= 4 is 15.9 Å². The molecule has 0 aliphatic heterocycles. The predicted octanol–water partition coefficient (Wildman–Crippen LogP) is 1.52. The third-order valence-corrected chi connectivity index (χ3v) is 3.94. The topological polar surface area (TPSA) is 88.2 Å². The third-order valence-electron chi connectivity index (χ3n) is 3.23. The Morgan fingerprint density at radius 2 is 1.96 bits per heavy atom. The van der Waals surface area contributed by atoms with E-state index in [9.17, 15) is 17.6 Å². The zero-order valence-corrected chi connectivity index (χ0v) is 13.9. The summed E-state index contributed by atoms with van der Waals surface area (Å²) in [5.74, 6) is -0.762. The highest BCUT2D eigenvalue weighted by Crippen LogP contribution is 2.18. The number of nitrogens with zero attached hydrogens (tertiary/aromatic N) is 1. The zero-order valence-electron chi connectivity index (χ0n) is 13.1. The normalized spacial score (nSPS) is 12.6. The highest BCUT2D eigenvalue weighted by Gasteiger charge is 2.19. The summed E-state index contributed by atoms with van der Waals surface area (Å²) < 4.78 is 38.5. The minimum absolute atomic E-state index is 0.0982.